The first-order chi connectivity index (χ1) is 11.6. The number of nitrogens with one attached hydrogen (secondary N) is 2. The maximum atomic E-state index is 12.6. The first-order valence-corrected chi connectivity index (χ1v) is 7.64. The van der Waals surface area contributed by atoms with Crippen LogP contribution >= 0.6 is 0 Å². The molecule has 1 aliphatic heterocycles. The van der Waals surface area contributed by atoms with Crippen LogP contribution in [-0.2, 0) is 16.6 Å². The number of amides is 2. The molecule has 8 heteroatoms. The van der Waals surface area contributed by atoms with Crippen molar-refractivity contribution in [3.8, 4) is 0 Å². The molecule has 126 valence electrons. The molecule has 3 rings (SSSR count). The van der Waals surface area contributed by atoms with Crippen LogP contribution < -0.4 is 15.5 Å². The molecule has 0 spiro atoms. The van der Waals surface area contributed by atoms with Crippen molar-refractivity contribution in [2.45, 2.75) is 12.5 Å². The van der Waals surface area contributed by atoms with E-state index in [2.05, 4.69) is 15.7 Å². The van der Waals surface area contributed by atoms with Crippen molar-refractivity contribution in [3.63, 3.8) is 0 Å². The third kappa shape index (κ3) is 3.38. The molecule has 1 saturated heterocycles. The molecule has 0 aliphatic carbocycles. The Balaban J connectivity index is 1.67. The second kappa shape index (κ2) is 6.71. The van der Waals surface area contributed by atoms with E-state index in [-0.39, 0.29) is 11.9 Å². The van der Waals surface area contributed by atoms with E-state index in [1.165, 1.54) is 0 Å². The number of aryl methyl sites for hydroxylation is 1. The molecular formula is C16H19N5O3. The number of nitrogens with zero attached hydrogens (tertiary/aromatic N) is 3. The number of carbonyl (C=O) groups is 2. The summed E-state index contributed by atoms with van der Waals surface area (Å²) in [6.07, 6.45) is 4.16. The quantitative estimate of drug-likeness (QED) is 0.745. The van der Waals surface area contributed by atoms with Gasteiger partial charge in [0.05, 0.1) is 11.9 Å². The summed E-state index contributed by atoms with van der Waals surface area (Å²) in [6, 6.07) is 6.72. The number of rotatable bonds is 5. The van der Waals surface area contributed by atoms with Gasteiger partial charge in [-0.1, -0.05) is 6.07 Å². The Kier molecular flexibility index (Phi) is 4.48. The molecule has 1 aliphatic rings. The van der Waals surface area contributed by atoms with Crippen molar-refractivity contribution in [1.29, 1.82) is 0 Å². The first-order valence-electron chi connectivity index (χ1n) is 7.64. The van der Waals surface area contributed by atoms with Gasteiger partial charge in [0.1, 0.15) is 12.6 Å². The van der Waals surface area contributed by atoms with Crippen molar-refractivity contribution in [2.75, 3.05) is 28.7 Å². The maximum Gasteiger partial charge on any atom is 0.250 e. The van der Waals surface area contributed by atoms with Crippen molar-refractivity contribution in [1.82, 2.24) is 9.78 Å². The predicted molar refractivity (Wildman–Crippen MR) is 89.7 cm³/mol. The highest BCUT2D eigenvalue weighted by atomic mass is 16.3. The standard InChI is InChI=1S/C16H19N5O3/c1-20-9-13(8-17-20)21-6-5-14(16(21)24)18-11-3-2-4-12(7-11)19-15(23)10-22/h2-4,7-9,14,18,22H,5-6,10H2,1H3,(H,19,23)/t14-/m1/s1. The molecule has 3 N–H and O–H groups in total. The van der Waals surface area contributed by atoms with Crippen LogP contribution in [0.1, 0.15) is 6.42 Å². The van der Waals surface area contributed by atoms with Gasteiger partial charge < -0.3 is 20.6 Å². The molecule has 0 saturated carbocycles. The summed E-state index contributed by atoms with van der Waals surface area (Å²) in [5.41, 5.74) is 2.08. The fourth-order valence-corrected chi connectivity index (χ4v) is 2.71. The highest BCUT2D eigenvalue weighted by Gasteiger charge is 2.33. The van der Waals surface area contributed by atoms with Gasteiger partial charge in [0.15, 0.2) is 0 Å². The zero-order valence-electron chi connectivity index (χ0n) is 13.3. The van der Waals surface area contributed by atoms with Crippen LogP contribution in [0.25, 0.3) is 0 Å². The fourth-order valence-electron chi connectivity index (χ4n) is 2.71. The Morgan fingerprint density at radius 2 is 2.21 bits per heavy atom. The smallest absolute Gasteiger partial charge is 0.250 e. The Labute approximate surface area is 139 Å². The van der Waals surface area contributed by atoms with Crippen LogP contribution in [0, 0.1) is 0 Å². The van der Waals surface area contributed by atoms with Crippen LogP contribution in [0.3, 0.4) is 0 Å². The summed E-state index contributed by atoms with van der Waals surface area (Å²) in [4.78, 5) is 25.5. The highest BCUT2D eigenvalue weighted by molar-refractivity contribution is 6.01. The van der Waals surface area contributed by atoms with Gasteiger partial charge in [0, 0.05) is 31.2 Å². The second-order valence-electron chi connectivity index (χ2n) is 5.63. The Morgan fingerprint density at radius 3 is 2.92 bits per heavy atom. The molecule has 2 heterocycles. The van der Waals surface area contributed by atoms with Crippen LogP contribution in [-0.4, -0.2) is 45.9 Å². The molecule has 2 aromatic rings. The number of aliphatic hydroxyl groups is 1. The van der Waals surface area contributed by atoms with Crippen molar-refractivity contribution in [2.24, 2.45) is 7.05 Å². The number of carbonyl (C=O) groups excluding carboxylic acids is 2. The topological polar surface area (TPSA) is 99.5 Å². The minimum atomic E-state index is -0.571. The number of aliphatic hydroxyl groups excluding tert-OH is 1. The lowest BCUT2D eigenvalue weighted by Gasteiger charge is -2.16. The summed E-state index contributed by atoms with van der Waals surface area (Å²) >= 11 is 0. The van der Waals surface area contributed by atoms with E-state index >= 15 is 0 Å². The van der Waals surface area contributed by atoms with E-state index in [0.717, 1.165) is 11.4 Å². The molecule has 1 fully saturated rings. The zero-order valence-corrected chi connectivity index (χ0v) is 13.3. The summed E-state index contributed by atoms with van der Waals surface area (Å²) in [5, 5.41) is 18.6. The molecule has 1 aromatic carbocycles. The average molecular weight is 329 g/mol. The van der Waals surface area contributed by atoms with Gasteiger partial charge in [0.25, 0.3) is 0 Å². The van der Waals surface area contributed by atoms with Crippen LogP contribution in [0.2, 0.25) is 0 Å². The largest absolute Gasteiger partial charge is 0.387 e. The molecule has 0 unspecified atom stereocenters. The molecule has 2 amide bonds. The minimum absolute atomic E-state index is 0.00667. The molecule has 0 bridgehead atoms. The number of hydrogen-bond acceptors (Lipinski definition) is 5. The number of hydrogen-bond donors (Lipinski definition) is 3. The van der Waals surface area contributed by atoms with E-state index in [0.29, 0.717) is 18.7 Å². The first kappa shape index (κ1) is 16.0. The van der Waals surface area contributed by atoms with E-state index < -0.39 is 12.5 Å². The summed E-state index contributed by atoms with van der Waals surface area (Å²) in [7, 11) is 1.81. The van der Waals surface area contributed by atoms with Crippen LogP contribution in [0.4, 0.5) is 17.1 Å². The van der Waals surface area contributed by atoms with E-state index in [9.17, 15) is 9.59 Å². The van der Waals surface area contributed by atoms with Gasteiger partial charge in [-0.3, -0.25) is 14.3 Å². The normalized spacial score (nSPS) is 17.2. The van der Waals surface area contributed by atoms with E-state index in [1.807, 2.05) is 19.3 Å². The lowest BCUT2D eigenvalue weighted by atomic mass is 10.2. The third-order valence-electron chi connectivity index (χ3n) is 3.84. The van der Waals surface area contributed by atoms with Gasteiger partial charge in [-0.2, -0.15) is 5.10 Å². The summed E-state index contributed by atoms with van der Waals surface area (Å²) < 4.78 is 1.66. The van der Waals surface area contributed by atoms with Crippen LogP contribution in [0.5, 0.6) is 0 Å². The highest BCUT2D eigenvalue weighted by Crippen LogP contribution is 2.24. The van der Waals surface area contributed by atoms with Crippen molar-refractivity contribution in [3.05, 3.63) is 36.7 Å². The van der Waals surface area contributed by atoms with Crippen molar-refractivity contribution < 1.29 is 14.7 Å². The van der Waals surface area contributed by atoms with Gasteiger partial charge in [-0.25, -0.2) is 0 Å². The molecular weight excluding hydrogens is 310 g/mol. The van der Waals surface area contributed by atoms with Gasteiger partial charge >= 0.3 is 0 Å². The number of aromatic nitrogens is 2. The number of benzene rings is 1. The van der Waals surface area contributed by atoms with Gasteiger partial charge in [-0.05, 0) is 24.6 Å². The SMILES string of the molecule is Cn1cc(N2CC[C@@H](Nc3cccc(NC(=O)CO)c3)C2=O)cn1. The monoisotopic (exact) mass is 329 g/mol. The Bertz CT molecular complexity index is 758. The molecule has 8 nitrogen and oxygen atoms in total. The van der Waals surface area contributed by atoms with Crippen LogP contribution in [0.15, 0.2) is 36.7 Å². The summed E-state index contributed by atoms with van der Waals surface area (Å²) in [6.45, 7) is 0.0575. The molecule has 24 heavy (non-hydrogen) atoms. The second-order valence-corrected chi connectivity index (χ2v) is 5.63. The van der Waals surface area contributed by atoms with Gasteiger partial charge in [0.2, 0.25) is 11.8 Å². The third-order valence-corrected chi connectivity index (χ3v) is 3.84. The lowest BCUT2D eigenvalue weighted by Crippen LogP contribution is -2.33. The average Bonchev–Trinajstić information content (AvgIpc) is 3.14. The molecule has 0 radical (unpaired) electrons. The zero-order chi connectivity index (χ0) is 17.1. The summed E-state index contributed by atoms with van der Waals surface area (Å²) in [5.74, 6) is -0.486. The Hall–Kier alpha value is -2.87. The number of anilines is 3. The van der Waals surface area contributed by atoms with Crippen molar-refractivity contribution >= 4 is 28.9 Å². The van der Waals surface area contributed by atoms with Gasteiger partial charge in [-0.15, -0.1) is 0 Å². The fraction of sp³-hybridized carbons (Fsp3) is 0.312. The lowest BCUT2D eigenvalue weighted by molar-refractivity contribution is -0.119. The Morgan fingerprint density at radius 1 is 1.42 bits per heavy atom. The molecule has 1 atom stereocenters. The molecule has 1 aromatic heterocycles. The van der Waals surface area contributed by atoms with E-state index in [4.69, 9.17) is 5.11 Å². The van der Waals surface area contributed by atoms with E-state index in [1.54, 1.807) is 34.0 Å². The predicted octanol–water partition coefficient (Wildman–Crippen LogP) is 0.568. The minimum Gasteiger partial charge on any atom is -0.387 e. The maximum absolute atomic E-state index is 12.6.